The van der Waals surface area contributed by atoms with E-state index in [1.54, 1.807) is 0 Å². The van der Waals surface area contributed by atoms with Crippen LogP contribution in [0, 0.1) is 0 Å². The van der Waals surface area contributed by atoms with Crippen LogP contribution in [-0.4, -0.2) is 30.0 Å². The molecule has 2 rings (SSSR count). The van der Waals surface area contributed by atoms with E-state index in [9.17, 15) is 5.11 Å². The highest BCUT2D eigenvalue weighted by molar-refractivity contribution is 5.93. The number of aliphatic hydroxyl groups is 1. The summed E-state index contributed by atoms with van der Waals surface area (Å²) in [4.78, 5) is 0. The van der Waals surface area contributed by atoms with E-state index in [0.29, 0.717) is 13.2 Å². The maximum atomic E-state index is 9.96. The Morgan fingerprint density at radius 3 is 2.55 bits per heavy atom. The predicted molar refractivity (Wildman–Crippen MR) is 84.1 cm³/mol. The van der Waals surface area contributed by atoms with Gasteiger partial charge in [-0.05, 0) is 32.2 Å². The van der Waals surface area contributed by atoms with Crippen molar-refractivity contribution in [2.24, 2.45) is 0 Å². The number of nitrogens with one attached hydrogen (secondary N) is 1. The van der Waals surface area contributed by atoms with E-state index in [2.05, 4.69) is 23.5 Å². The second-order valence-corrected chi connectivity index (χ2v) is 5.98. The summed E-state index contributed by atoms with van der Waals surface area (Å²) in [5, 5.41) is 15.6. The Labute approximate surface area is 120 Å². The first-order chi connectivity index (χ1) is 9.46. The van der Waals surface area contributed by atoms with Gasteiger partial charge >= 0.3 is 0 Å². The third-order valence-electron chi connectivity index (χ3n) is 3.03. The Morgan fingerprint density at radius 2 is 1.80 bits per heavy atom. The quantitative estimate of drug-likeness (QED) is 0.877. The molecule has 0 radical (unpaired) electrons. The summed E-state index contributed by atoms with van der Waals surface area (Å²) in [6, 6.07) is 14.3. The molecule has 2 aromatic carbocycles. The van der Waals surface area contributed by atoms with Gasteiger partial charge in [-0.25, -0.2) is 0 Å². The lowest BCUT2D eigenvalue weighted by atomic mass is 10.1. The van der Waals surface area contributed by atoms with Crippen LogP contribution in [0.5, 0.6) is 0 Å². The highest BCUT2D eigenvalue weighted by Crippen LogP contribution is 2.22. The first-order valence-electron chi connectivity index (χ1n) is 6.99. The van der Waals surface area contributed by atoms with E-state index in [1.165, 1.54) is 10.8 Å². The van der Waals surface area contributed by atoms with Crippen molar-refractivity contribution >= 4 is 16.5 Å². The fourth-order valence-electron chi connectivity index (χ4n) is 2.01. The van der Waals surface area contributed by atoms with Crippen molar-refractivity contribution in [1.29, 1.82) is 0 Å². The third kappa shape index (κ3) is 4.22. The number of ether oxygens (including phenoxy) is 1. The molecule has 2 N–H and O–H groups in total. The summed E-state index contributed by atoms with van der Waals surface area (Å²) < 4.78 is 5.58. The smallest absolute Gasteiger partial charge is 0.0945 e. The second kappa shape index (κ2) is 6.25. The molecule has 0 fully saturated rings. The Morgan fingerprint density at radius 1 is 1.10 bits per heavy atom. The topological polar surface area (TPSA) is 41.5 Å². The minimum atomic E-state index is -0.520. The monoisotopic (exact) mass is 273 g/mol. The van der Waals surface area contributed by atoms with Gasteiger partial charge in [-0.15, -0.1) is 0 Å². The molecule has 0 aliphatic rings. The van der Waals surface area contributed by atoms with Crippen LogP contribution in [-0.2, 0) is 4.74 Å². The lowest BCUT2D eigenvalue weighted by Gasteiger charge is -2.22. The Bertz CT molecular complexity index is 555. The lowest BCUT2D eigenvalue weighted by Crippen LogP contribution is -2.30. The van der Waals surface area contributed by atoms with Crippen molar-refractivity contribution in [3.63, 3.8) is 0 Å². The molecule has 3 nitrogen and oxygen atoms in total. The molecular weight excluding hydrogens is 250 g/mol. The highest BCUT2D eigenvalue weighted by atomic mass is 16.5. The van der Waals surface area contributed by atoms with E-state index in [0.717, 1.165) is 5.69 Å². The second-order valence-electron chi connectivity index (χ2n) is 5.98. The van der Waals surface area contributed by atoms with Crippen LogP contribution < -0.4 is 5.32 Å². The van der Waals surface area contributed by atoms with Crippen LogP contribution in [0.2, 0.25) is 0 Å². The van der Waals surface area contributed by atoms with Crippen molar-refractivity contribution in [2.75, 3.05) is 18.5 Å². The summed E-state index contributed by atoms with van der Waals surface area (Å²) in [6.07, 6.45) is -0.520. The molecule has 20 heavy (non-hydrogen) atoms. The molecule has 2 aromatic rings. The van der Waals surface area contributed by atoms with Crippen molar-refractivity contribution in [3.8, 4) is 0 Å². The van der Waals surface area contributed by atoms with Crippen molar-refractivity contribution < 1.29 is 9.84 Å². The molecule has 0 saturated carbocycles. The first-order valence-corrected chi connectivity index (χ1v) is 6.99. The molecule has 0 saturated heterocycles. The molecule has 0 amide bonds. The van der Waals surface area contributed by atoms with E-state index in [1.807, 2.05) is 45.0 Å². The average Bonchev–Trinajstić information content (AvgIpc) is 2.42. The number of anilines is 1. The largest absolute Gasteiger partial charge is 0.389 e. The van der Waals surface area contributed by atoms with E-state index >= 15 is 0 Å². The predicted octanol–water partition coefficient (Wildman–Crippen LogP) is 3.43. The number of hydrogen-bond acceptors (Lipinski definition) is 3. The van der Waals surface area contributed by atoms with Gasteiger partial charge in [0, 0.05) is 17.6 Å². The van der Waals surface area contributed by atoms with Crippen LogP contribution in [0.15, 0.2) is 42.5 Å². The SMILES string of the molecule is CC(C)(C)OCC(O)CNc1cccc2ccccc12. The maximum Gasteiger partial charge on any atom is 0.0945 e. The van der Waals surface area contributed by atoms with Gasteiger partial charge < -0.3 is 15.2 Å². The molecule has 3 heteroatoms. The van der Waals surface area contributed by atoms with Gasteiger partial charge in [0.15, 0.2) is 0 Å². The number of aliphatic hydroxyl groups excluding tert-OH is 1. The van der Waals surface area contributed by atoms with Gasteiger partial charge in [0.05, 0.1) is 18.3 Å². The third-order valence-corrected chi connectivity index (χ3v) is 3.03. The molecular formula is C17H23NO2. The summed E-state index contributed by atoms with van der Waals surface area (Å²) in [7, 11) is 0. The lowest BCUT2D eigenvalue weighted by molar-refractivity contribution is -0.0449. The fourth-order valence-corrected chi connectivity index (χ4v) is 2.01. The zero-order valence-electron chi connectivity index (χ0n) is 12.4. The molecule has 0 spiro atoms. The van der Waals surface area contributed by atoms with Gasteiger partial charge in [0.2, 0.25) is 0 Å². The van der Waals surface area contributed by atoms with Crippen LogP contribution in [0.25, 0.3) is 10.8 Å². The number of hydrogen-bond donors (Lipinski definition) is 2. The van der Waals surface area contributed by atoms with Crippen LogP contribution >= 0.6 is 0 Å². The van der Waals surface area contributed by atoms with Gasteiger partial charge in [0.1, 0.15) is 0 Å². The molecule has 1 unspecified atom stereocenters. The fraction of sp³-hybridized carbons (Fsp3) is 0.412. The molecule has 108 valence electrons. The van der Waals surface area contributed by atoms with Crippen molar-refractivity contribution in [1.82, 2.24) is 0 Å². The Balaban J connectivity index is 1.96. The minimum absolute atomic E-state index is 0.222. The first kappa shape index (κ1) is 14.8. The van der Waals surface area contributed by atoms with Gasteiger partial charge in [-0.1, -0.05) is 36.4 Å². The number of benzene rings is 2. The van der Waals surface area contributed by atoms with E-state index in [4.69, 9.17) is 4.74 Å². The normalized spacial score (nSPS) is 13.4. The van der Waals surface area contributed by atoms with Crippen LogP contribution in [0.4, 0.5) is 5.69 Å². The summed E-state index contributed by atoms with van der Waals surface area (Å²) in [6.45, 7) is 6.76. The van der Waals surface area contributed by atoms with Crippen molar-refractivity contribution in [2.45, 2.75) is 32.5 Å². The summed E-state index contributed by atoms with van der Waals surface area (Å²) in [5.41, 5.74) is 0.818. The molecule has 0 aliphatic heterocycles. The van der Waals surface area contributed by atoms with Crippen LogP contribution in [0.3, 0.4) is 0 Å². The van der Waals surface area contributed by atoms with Crippen molar-refractivity contribution in [3.05, 3.63) is 42.5 Å². The molecule has 0 aromatic heterocycles. The standard InChI is InChI=1S/C17H23NO2/c1-17(2,3)20-12-14(19)11-18-16-10-6-8-13-7-4-5-9-15(13)16/h4-10,14,18-19H,11-12H2,1-3H3. The molecule has 1 atom stereocenters. The zero-order chi connectivity index (χ0) is 14.6. The molecule has 0 bridgehead atoms. The maximum absolute atomic E-state index is 9.96. The molecule has 0 heterocycles. The Hall–Kier alpha value is -1.58. The minimum Gasteiger partial charge on any atom is -0.389 e. The van der Waals surface area contributed by atoms with Gasteiger partial charge in [0.25, 0.3) is 0 Å². The van der Waals surface area contributed by atoms with E-state index < -0.39 is 6.10 Å². The average molecular weight is 273 g/mol. The summed E-state index contributed by atoms with van der Waals surface area (Å²) >= 11 is 0. The Kier molecular flexibility index (Phi) is 4.63. The van der Waals surface area contributed by atoms with Gasteiger partial charge in [-0.3, -0.25) is 0 Å². The highest BCUT2D eigenvalue weighted by Gasteiger charge is 2.13. The van der Waals surface area contributed by atoms with Gasteiger partial charge in [-0.2, -0.15) is 0 Å². The van der Waals surface area contributed by atoms with E-state index in [-0.39, 0.29) is 5.60 Å². The summed E-state index contributed by atoms with van der Waals surface area (Å²) in [5.74, 6) is 0. The zero-order valence-corrected chi connectivity index (χ0v) is 12.4. The number of rotatable bonds is 5. The molecule has 0 aliphatic carbocycles. The number of fused-ring (bicyclic) bond motifs is 1. The van der Waals surface area contributed by atoms with Crippen LogP contribution in [0.1, 0.15) is 20.8 Å².